The molecule has 136 valence electrons. The van der Waals surface area contributed by atoms with Gasteiger partial charge in [-0.1, -0.05) is 58.9 Å². The zero-order valence-electron chi connectivity index (χ0n) is 15.5. The lowest BCUT2D eigenvalue weighted by Crippen LogP contribution is -2.20. The Morgan fingerprint density at radius 3 is 2.04 bits per heavy atom. The minimum atomic E-state index is -4.31. The molecule has 0 radical (unpaired) electrons. The third kappa shape index (κ3) is 5.07. The molecule has 25 heavy (non-hydrogen) atoms. The lowest BCUT2D eigenvalue weighted by Gasteiger charge is -2.26. The van der Waals surface area contributed by atoms with Gasteiger partial charge in [0.1, 0.15) is 0 Å². The van der Waals surface area contributed by atoms with Crippen LogP contribution in [0.25, 0.3) is 0 Å². The van der Waals surface area contributed by atoms with Crippen molar-refractivity contribution in [2.24, 2.45) is 0 Å². The zero-order valence-corrected chi connectivity index (χ0v) is 15.5. The summed E-state index contributed by atoms with van der Waals surface area (Å²) in [5.74, 6) is 0. The first-order valence-corrected chi connectivity index (χ1v) is 8.54. The fraction of sp³-hybridized carbons (Fsp3) is 0.476. The Balaban J connectivity index is 2.17. The Labute approximate surface area is 148 Å². The van der Waals surface area contributed by atoms with E-state index in [9.17, 15) is 13.2 Å². The van der Waals surface area contributed by atoms with Crippen LogP contribution in [0.3, 0.4) is 0 Å². The van der Waals surface area contributed by atoms with Crippen LogP contribution in [0.5, 0.6) is 0 Å². The van der Waals surface area contributed by atoms with Crippen molar-refractivity contribution in [2.45, 2.75) is 64.5 Å². The highest BCUT2D eigenvalue weighted by Gasteiger charge is 2.32. The summed E-state index contributed by atoms with van der Waals surface area (Å²) in [6, 6.07) is 11.6. The van der Waals surface area contributed by atoms with Gasteiger partial charge in [-0.15, -0.1) is 0 Å². The normalized spacial score (nSPS) is 13.1. The second-order valence-electron chi connectivity index (χ2n) is 8.23. The summed E-state index contributed by atoms with van der Waals surface area (Å²) in [7, 11) is 0. The molecule has 1 aromatic heterocycles. The smallest absolute Gasteiger partial charge is 0.257 e. The summed E-state index contributed by atoms with van der Waals surface area (Å²) < 4.78 is 38.9. The van der Waals surface area contributed by atoms with Crippen molar-refractivity contribution in [2.75, 3.05) is 0 Å². The number of hydrogen-bond donors (Lipinski definition) is 0. The molecule has 0 N–H and O–H groups in total. The number of aryl methyl sites for hydroxylation is 1. The first-order valence-electron chi connectivity index (χ1n) is 8.54. The quantitative estimate of drug-likeness (QED) is 0.630. The monoisotopic (exact) mass is 349 g/mol. The second-order valence-corrected chi connectivity index (χ2v) is 8.23. The lowest BCUT2D eigenvalue weighted by molar-refractivity contribution is -0.137. The first-order chi connectivity index (χ1) is 11.4. The second kappa shape index (κ2) is 6.81. The molecule has 0 aliphatic carbocycles. The summed E-state index contributed by atoms with van der Waals surface area (Å²) in [6.07, 6.45) is -2.85. The van der Waals surface area contributed by atoms with Crippen LogP contribution in [0, 0.1) is 0 Å². The molecule has 1 heterocycles. The zero-order chi connectivity index (χ0) is 18.9. The van der Waals surface area contributed by atoms with E-state index in [-0.39, 0.29) is 10.8 Å². The highest BCUT2D eigenvalue weighted by molar-refractivity contribution is 5.31. The summed E-state index contributed by atoms with van der Waals surface area (Å²) >= 11 is 0. The van der Waals surface area contributed by atoms with Gasteiger partial charge in [-0.3, -0.25) is 4.98 Å². The Bertz CT molecular complexity index is 724. The van der Waals surface area contributed by atoms with Crippen molar-refractivity contribution in [3.63, 3.8) is 0 Å². The molecule has 0 aliphatic heterocycles. The van der Waals surface area contributed by atoms with Crippen LogP contribution in [-0.4, -0.2) is 4.98 Å². The van der Waals surface area contributed by atoms with Crippen molar-refractivity contribution in [1.82, 2.24) is 4.98 Å². The molecule has 1 nitrogen and oxygen atoms in total. The van der Waals surface area contributed by atoms with E-state index in [1.165, 1.54) is 12.1 Å². The van der Waals surface area contributed by atoms with Crippen LogP contribution < -0.4 is 0 Å². The van der Waals surface area contributed by atoms with Gasteiger partial charge in [-0.2, -0.15) is 13.2 Å². The van der Waals surface area contributed by atoms with Gasteiger partial charge in [0.05, 0.1) is 5.56 Å². The van der Waals surface area contributed by atoms with E-state index in [0.717, 1.165) is 30.3 Å². The van der Waals surface area contributed by atoms with Crippen molar-refractivity contribution in [3.05, 3.63) is 65.0 Å². The van der Waals surface area contributed by atoms with E-state index >= 15 is 0 Å². The minimum absolute atomic E-state index is 0.0213. The number of rotatable bonds is 4. The first kappa shape index (κ1) is 19.5. The molecule has 0 amide bonds. The Morgan fingerprint density at radius 2 is 1.44 bits per heavy atom. The molecule has 4 heteroatoms. The molecular formula is C21H26F3N. The average molecular weight is 349 g/mol. The standard InChI is InChI=1S/C21H26F3N/c1-19(2,3)18-11-7-10-17(25-18)12-13-20(4,5)15-8-6-9-16(14-15)21(22,23)24/h6-11,14H,12-13H2,1-5H3. The summed E-state index contributed by atoms with van der Waals surface area (Å²) in [5, 5.41) is 0. The number of hydrogen-bond acceptors (Lipinski definition) is 1. The summed E-state index contributed by atoms with van der Waals surface area (Å²) in [4.78, 5) is 4.72. The van der Waals surface area contributed by atoms with Crippen molar-refractivity contribution in [1.29, 1.82) is 0 Å². The van der Waals surface area contributed by atoms with Crippen LogP contribution in [0.4, 0.5) is 13.2 Å². The van der Waals surface area contributed by atoms with Crippen LogP contribution in [0.2, 0.25) is 0 Å². The van der Waals surface area contributed by atoms with Gasteiger partial charge in [0.2, 0.25) is 0 Å². The van der Waals surface area contributed by atoms with Gasteiger partial charge >= 0.3 is 6.18 Å². The molecule has 0 fully saturated rings. The maximum atomic E-state index is 13.0. The minimum Gasteiger partial charge on any atom is -0.257 e. The van der Waals surface area contributed by atoms with Crippen molar-refractivity contribution < 1.29 is 13.2 Å². The molecular weight excluding hydrogens is 323 g/mol. The van der Waals surface area contributed by atoms with Crippen molar-refractivity contribution in [3.8, 4) is 0 Å². The molecule has 0 bridgehead atoms. The van der Waals surface area contributed by atoms with E-state index in [4.69, 9.17) is 4.98 Å². The van der Waals surface area contributed by atoms with E-state index in [2.05, 4.69) is 20.8 Å². The van der Waals surface area contributed by atoms with Crippen LogP contribution in [0.15, 0.2) is 42.5 Å². The van der Waals surface area contributed by atoms with E-state index < -0.39 is 11.7 Å². The molecule has 0 spiro atoms. The Kier molecular flexibility index (Phi) is 5.31. The maximum Gasteiger partial charge on any atom is 0.416 e. The topological polar surface area (TPSA) is 12.9 Å². The van der Waals surface area contributed by atoms with Crippen LogP contribution in [0.1, 0.15) is 63.6 Å². The average Bonchev–Trinajstić information content (AvgIpc) is 2.52. The molecule has 2 rings (SSSR count). The largest absolute Gasteiger partial charge is 0.416 e. The fourth-order valence-corrected chi connectivity index (χ4v) is 2.74. The predicted molar refractivity (Wildman–Crippen MR) is 95.7 cm³/mol. The number of pyridine rings is 1. The SMILES string of the molecule is CC(C)(C)c1cccc(CCC(C)(C)c2cccc(C(F)(F)F)c2)n1. The van der Waals surface area contributed by atoms with Gasteiger partial charge < -0.3 is 0 Å². The highest BCUT2D eigenvalue weighted by atomic mass is 19.4. The molecule has 0 saturated heterocycles. The third-order valence-electron chi connectivity index (χ3n) is 4.55. The number of halogens is 3. The lowest BCUT2D eigenvalue weighted by atomic mass is 9.79. The number of alkyl halides is 3. The van der Waals surface area contributed by atoms with Gasteiger partial charge in [0, 0.05) is 16.8 Å². The third-order valence-corrected chi connectivity index (χ3v) is 4.55. The Hall–Kier alpha value is -1.84. The van der Waals surface area contributed by atoms with Gasteiger partial charge in [-0.25, -0.2) is 0 Å². The molecule has 0 unspecified atom stereocenters. The molecule has 0 atom stereocenters. The van der Waals surface area contributed by atoms with E-state index in [1.54, 1.807) is 6.07 Å². The number of aromatic nitrogens is 1. The van der Waals surface area contributed by atoms with Crippen molar-refractivity contribution >= 4 is 0 Å². The molecule has 0 saturated carbocycles. The van der Waals surface area contributed by atoms with Crippen LogP contribution >= 0.6 is 0 Å². The molecule has 0 aliphatic rings. The molecule has 1 aromatic carbocycles. The maximum absolute atomic E-state index is 13.0. The fourth-order valence-electron chi connectivity index (χ4n) is 2.74. The van der Waals surface area contributed by atoms with Gasteiger partial charge in [-0.05, 0) is 42.0 Å². The van der Waals surface area contributed by atoms with Gasteiger partial charge in [0.25, 0.3) is 0 Å². The van der Waals surface area contributed by atoms with Crippen LogP contribution in [-0.2, 0) is 23.4 Å². The van der Waals surface area contributed by atoms with E-state index in [0.29, 0.717) is 5.56 Å². The number of nitrogens with zero attached hydrogens (tertiary/aromatic N) is 1. The highest BCUT2D eigenvalue weighted by Crippen LogP contribution is 2.34. The molecule has 2 aromatic rings. The van der Waals surface area contributed by atoms with E-state index in [1.807, 2.05) is 32.0 Å². The Morgan fingerprint density at radius 1 is 0.840 bits per heavy atom. The summed E-state index contributed by atoms with van der Waals surface area (Å²) in [6.45, 7) is 10.3. The number of benzene rings is 1. The summed E-state index contributed by atoms with van der Waals surface area (Å²) in [5.41, 5.74) is 1.74. The predicted octanol–water partition coefficient (Wildman–Crippen LogP) is 6.31. The van der Waals surface area contributed by atoms with Gasteiger partial charge in [0.15, 0.2) is 0 Å².